The van der Waals surface area contributed by atoms with Crippen molar-refractivity contribution in [2.24, 2.45) is 5.92 Å². The summed E-state index contributed by atoms with van der Waals surface area (Å²) in [5, 5.41) is 4.61. The van der Waals surface area contributed by atoms with E-state index in [-0.39, 0.29) is 29.2 Å². The highest BCUT2D eigenvalue weighted by Crippen LogP contribution is 2.21. The first-order valence-electron chi connectivity index (χ1n) is 8.94. The molecule has 0 aliphatic carbocycles. The van der Waals surface area contributed by atoms with Crippen LogP contribution in [-0.2, 0) is 11.3 Å². The molecule has 1 heterocycles. The first-order chi connectivity index (χ1) is 12.3. The van der Waals surface area contributed by atoms with E-state index in [1.54, 1.807) is 22.8 Å². The van der Waals surface area contributed by atoms with E-state index in [0.717, 1.165) is 12.8 Å². The van der Waals surface area contributed by atoms with Crippen LogP contribution in [0.4, 0.5) is 0 Å². The number of thioether (sulfide) groups is 1. The molecule has 1 unspecified atom stereocenters. The Morgan fingerprint density at radius 3 is 2.73 bits per heavy atom. The summed E-state index contributed by atoms with van der Waals surface area (Å²) < 4.78 is 1.66. The number of hydrogen-bond acceptors (Lipinski definition) is 4. The average Bonchev–Trinajstić information content (AvgIpc) is 2.55. The SMILES string of the molecule is CCCC(C)NC(=O)CSc1nc2cc(Cl)ccc2c(=O)n1CC(C)C. The molecule has 1 aromatic heterocycles. The van der Waals surface area contributed by atoms with Gasteiger partial charge in [-0.2, -0.15) is 0 Å². The summed E-state index contributed by atoms with van der Waals surface area (Å²) in [5.41, 5.74) is 0.465. The highest BCUT2D eigenvalue weighted by atomic mass is 35.5. The van der Waals surface area contributed by atoms with Crippen molar-refractivity contribution in [2.75, 3.05) is 5.75 Å². The van der Waals surface area contributed by atoms with Crippen LogP contribution in [0.3, 0.4) is 0 Å². The van der Waals surface area contributed by atoms with Crippen LogP contribution in [-0.4, -0.2) is 27.3 Å². The quantitative estimate of drug-likeness (QED) is 0.539. The van der Waals surface area contributed by atoms with Gasteiger partial charge < -0.3 is 5.32 Å². The van der Waals surface area contributed by atoms with Crippen molar-refractivity contribution < 1.29 is 4.79 Å². The number of carbonyl (C=O) groups is 1. The zero-order chi connectivity index (χ0) is 19.3. The van der Waals surface area contributed by atoms with E-state index in [0.29, 0.717) is 27.6 Å². The van der Waals surface area contributed by atoms with Gasteiger partial charge >= 0.3 is 0 Å². The molecule has 1 N–H and O–H groups in total. The van der Waals surface area contributed by atoms with Crippen molar-refractivity contribution >= 4 is 40.2 Å². The number of aromatic nitrogens is 2. The van der Waals surface area contributed by atoms with Gasteiger partial charge in [0.1, 0.15) is 0 Å². The van der Waals surface area contributed by atoms with E-state index in [1.807, 2.05) is 20.8 Å². The van der Waals surface area contributed by atoms with Crippen LogP contribution in [0.1, 0.15) is 40.5 Å². The van der Waals surface area contributed by atoms with E-state index in [4.69, 9.17) is 11.6 Å². The van der Waals surface area contributed by atoms with Crippen LogP contribution in [0.15, 0.2) is 28.2 Å². The van der Waals surface area contributed by atoms with Crippen LogP contribution in [0, 0.1) is 5.92 Å². The maximum absolute atomic E-state index is 12.9. The molecule has 7 heteroatoms. The van der Waals surface area contributed by atoms with E-state index < -0.39 is 0 Å². The van der Waals surface area contributed by atoms with Gasteiger partial charge in [0.25, 0.3) is 5.56 Å². The third-order valence-corrected chi connectivity index (χ3v) is 5.10. The monoisotopic (exact) mass is 395 g/mol. The normalized spacial score (nSPS) is 12.5. The fraction of sp³-hybridized carbons (Fsp3) is 0.526. The molecule has 0 spiro atoms. The molecule has 0 bridgehead atoms. The molecule has 5 nitrogen and oxygen atoms in total. The minimum absolute atomic E-state index is 0.0486. The van der Waals surface area contributed by atoms with Gasteiger partial charge in [-0.25, -0.2) is 4.98 Å². The molecule has 2 aromatic rings. The predicted octanol–water partition coefficient (Wildman–Crippen LogP) is 4.10. The minimum Gasteiger partial charge on any atom is -0.353 e. The molecule has 0 radical (unpaired) electrons. The van der Waals surface area contributed by atoms with Crippen molar-refractivity contribution in [3.8, 4) is 0 Å². The van der Waals surface area contributed by atoms with E-state index in [9.17, 15) is 9.59 Å². The highest BCUT2D eigenvalue weighted by molar-refractivity contribution is 7.99. The lowest BCUT2D eigenvalue weighted by molar-refractivity contribution is -0.119. The number of nitrogens with zero attached hydrogens (tertiary/aromatic N) is 2. The third kappa shape index (κ3) is 5.48. The van der Waals surface area contributed by atoms with Gasteiger partial charge in [0.05, 0.1) is 16.7 Å². The van der Waals surface area contributed by atoms with Gasteiger partial charge in [-0.1, -0.05) is 50.6 Å². The smallest absolute Gasteiger partial charge is 0.262 e. The molecular weight excluding hydrogens is 370 g/mol. The standard InChI is InChI=1S/C19H26ClN3O2S/c1-5-6-13(4)21-17(24)11-26-19-22-16-9-14(20)7-8-15(16)18(25)23(19)10-12(2)3/h7-9,12-13H,5-6,10-11H2,1-4H3,(H,21,24). The van der Waals surface area contributed by atoms with Crippen LogP contribution < -0.4 is 10.9 Å². The summed E-state index contributed by atoms with van der Waals surface area (Å²) in [5.74, 6) is 0.467. The number of amides is 1. The molecule has 1 atom stereocenters. The molecule has 142 valence electrons. The van der Waals surface area contributed by atoms with Crippen LogP contribution in [0.25, 0.3) is 10.9 Å². The Bertz CT molecular complexity index is 835. The second kappa shape index (κ2) is 9.42. The number of benzene rings is 1. The molecule has 2 rings (SSSR count). The van der Waals surface area contributed by atoms with Crippen LogP contribution in [0.2, 0.25) is 5.02 Å². The summed E-state index contributed by atoms with van der Waals surface area (Å²) in [4.78, 5) is 29.6. The summed E-state index contributed by atoms with van der Waals surface area (Å²) in [7, 11) is 0. The molecule has 0 aliphatic rings. The van der Waals surface area contributed by atoms with Gasteiger partial charge in [-0.15, -0.1) is 0 Å². The fourth-order valence-electron chi connectivity index (χ4n) is 2.76. The Kier molecular flexibility index (Phi) is 7.53. The van der Waals surface area contributed by atoms with Gasteiger partial charge in [0.2, 0.25) is 5.91 Å². The van der Waals surface area contributed by atoms with Gasteiger partial charge in [-0.05, 0) is 37.5 Å². The van der Waals surface area contributed by atoms with Crippen molar-refractivity contribution in [3.63, 3.8) is 0 Å². The Labute approximate surface area is 163 Å². The number of carbonyl (C=O) groups excluding carboxylic acids is 1. The lowest BCUT2D eigenvalue weighted by Gasteiger charge is -2.16. The minimum atomic E-state index is -0.0948. The Morgan fingerprint density at radius 2 is 2.08 bits per heavy atom. The maximum Gasteiger partial charge on any atom is 0.262 e. The number of fused-ring (bicyclic) bond motifs is 1. The van der Waals surface area contributed by atoms with E-state index in [1.165, 1.54) is 11.8 Å². The summed E-state index contributed by atoms with van der Waals surface area (Å²) >= 11 is 7.33. The van der Waals surface area contributed by atoms with Gasteiger partial charge in [-0.3, -0.25) is 14.2 Å². The number of rotatable bonds is 8. The first-order valence-corrected chi connectivity index (χ1v) is 10.3. The lowest BCUT2D eigenvalue weighted by atomic mass is 10.2. The lowest BCUT2D eigenvalue weighted by Crippen LogP contribution is -2.34. The first kappa shape index (κ1) is 20.8. The molecule has 0 saturated carbocycles. The third-order valence-electron chi connectivity index (χ3n) is 3.89. The molecule has 0 fully saturated rings. The highest BCUT2D eigenvalue weighted by Gasteiger charge is 2.15. The summed E-state index contributed by atoms with van der Waals surface area (Å²) in [6, 6.07) is 5.24. The van der Waals surface area contributed by atoms with Crippen molar-refractivity contribution in [1.82, 2.24) is 14.9 Å². The molecule has 1 amide bonds. The fourth-order valence-corrected chi connectivity index (χ4v) is 3.75. The topological polar surface area (TPSA) is 64.0 Å². The molecule has 26 heavy (non-hydrogen) atoms. The Balaban J connectivity index is 2.29. The average molecular weight is 396 g/mol. The molecule has 0 aliphatic heterocycles. The molecule has 1 aromatic carbocycles. The zero-order valence-electron chi connectivity index (χ0n) is 15.7. The Morgan fingerprint density at radius 1 is 1.35 bits per heavy atom. The largest absolute Gasteiger partial charge is 0.353 e. The van der Waals surface area contributed by atoms with E-state index in [2.05, 4.69) is 17.2 Å². The maximum atomic E-state index is 12.9. The van der Waals surface area contributed by atoms with Crippen LogP contribution >= 0.6 is 23.4 Å². The summed E-state index contributed by atoms with van der Waals surface area (Å²) in [6.07, 6.45) is 1.97. The number of halogens is 1. The zero-order valence-corrected chi connectivity index (χ0v) is 17.3. The Hall–Kier alpha value is -1.53. The molecule has 0 saturated heterocycles. The van der Waals surface area contributed by atoms with E-state index >= 15 is 0 Å². The second-order valence-corrected chi connectivity index (χ2v) is 8.29. The van der Waals surface area contributed by atoms with Crippen LogP contribution in [0.5, 0.6) is 0 Å². The van der Waals surface area contributed by atoms with Crippen molar-refractivity contribution in [2.45, 2.75) is 58.3 Å². The number of hydrogen-bond donors (Lipinski definition) is 1. The predicted molar refractivity (Wildman–Crippen MR) is 109 cm³/mol. The summed E-state index contributed by atoms with van der Waals surface area (Å²) in [6.45, 7) is 8.74. The second-order valence-electron chi connectivity index (χ2n) is 6.91. The number of nitrogens with one attached hydrogen (secondary N) is 1. The van der Waals surface area contributed by atoms with Gasteiger partial charge in [0, 0.05) is 17.6 Å². The van der Waals surface area contributed by atoms with Gasteiger partial charge in [0.15, 0.2) is 5.16 Å². The van der Waals surface area contributed by atoms with Crippen molar-refractivity contribution in [1.29, 1.82) is 0 Å². The van der Waals surface area contributed by atoms with Crippen molar-refractivity contribution in [3.05, 3.63) is 33.6 Å². The molecular formula is C19H26ClN3O2S.